The SMILES string of the molecule is Cc1ccc2c(c1)N(CC(C)Br)C[N+]2([O-])CC(C)Br. The zero-order chi connectivity index (χ0) is 14.2. The lowest BCUT2D eigenvalue weighted by Crippen LogP contribution is -2.49. The highest BCUT2D eigenvalue weighted by atomic mass is 79.9. The van der Waals surface area contributed by atoms with Crippen LogP contribution >= 0.6 is 31.9 Å². The third kappa shape index (κ3) is 3.32. The van der Waals surface area contributed by atoms with E-state index in [-0.39, 0.29) is 9.47 Å². The van der Waals surface area contributed by atoms with Gasteiger partial charge in [-0.15, -0.1) is 0 Å². The minimum atomic E-state index is -0.262. The average Bonchev–Trinajstić information content (AvgIpc) is 2.49. The second kappa shape index (κ2) is 5.72. The molecule has 1 aliphatic heterocycles. The smallest absolute Gasteiger partial charge is 0.159 e. The molecule has 2 rings (SSSR count). The molecule has 3 nitrogen and oxygen atoms in total. The molecule has 0 spiro atoms. The number of alkyl halides is 2. The van der Waals surface area contributed by atoms with Crippen molar-refractivity contribution < 1.29 is 0 Å². The van der Waals surface area contributed by atoms with Crippen molar-refractivity contribution in [3.63, 3.8) is 0 Å². The standard InChI is InChI=1S/C14H20Br2N2O/c1-10-4-5-14-13(6-10)17(7-11(2)15)9-18(14,19)8-12(3)16/h4-6,11-12H,7-9H2,1-3H3. The van der Waals surface area contributed by atoms with E-state index in [0.717, 1.165) is 17.9 Å². The maximum absolute atomic E-state index is 13.1. The summed E-state index contributed by atoms with van der Waals surface area (Å²) in [5.74, 6) is 0. The fourth-order valence-corrected chi connectivity index (χ4v) is 3.50. The van der Waals surface area contributed by atoms with E-state index in [4.69, 9.17) is 0 Å². The minimum absolute atomic E-state index is 0.209. The zero-order valence-electron chi connectivity index (χ0n) is 11.6. The molecule has 1 aromatic carbocycles. The Morgan fingerprint density at radius 3 is 2.58 bits per heavy atom. The molecule has 0 aromatic heterocycles. The number of aryl methyl sites for hydroxylation is 1. The molecule has 0 saturated heterocycles. The number of rotatable bonds is 4. The van der Waals surface area contributed by atoms with Crippen LogP contribution < -0.4 is 9.55 Å². The summed E-state index contributed by atoms with van der Waals surface area (Å²) in [5.41, 5.74) is 3.19. The van der Waals surface area contributed by atoms with E-state index in [9.17, 15) is 5.21 Å². The van der Waals surface area contributed by atoms with Crippen molar-refractivity contribution in [3.8, 4) is 0 Å². The average molecular weight is 392 g/mol. The van der Waals surface area contributed by atoms with Crippen LogP contribution in [0.4, 0.5) is 11.4 Å². The Labute approximate surface area is 132 Å². The molecule has 1 aliphatic rings. The Morgan fingerprint density at radius 1 is 1.32 bits per heavy atom. The molecule has 0 amide bonds. The van der Waals surface area contributed by atoms with Gasteiger partial charge in [-0.2, -0.15) is 0 Å². The molecule has 1 aromatic rings. The Kier molecular flexibility index (Phi) is 4.60. The lowest BCUT2D eigenvalue weighted by molar-refractivity contribution is 0.396. The summed E-state index contributed by atoms with van der Waals surface area (Å²) in [7, 11) is 0. The summed E-state index contributed by atoms with van der Waals surface area (Å²) in [4.78, 5) is 2.78. The van der Waals surface area contributed by atoms with Gasteiger partial charge in [0.25, 0.3) is 0 Å². The highest BCUT2D eigenvalue weighted by Gasteiger charge is 2.37. The van der Waals surface area contributed by atoms with E-state index in [2.05, 4.69) is 56.7 Å². The van der Waals surface area contributed by atoms with Crippen molar-refractivity contribution in [1.29, 1.82) is 0 Å². The predicted molar refractivity (Wildman–Crippen MR) is 90.2 cm³/mol. The molecule has 0 bridgehead atoms. The van der Waals surface area contributed by atoms with Gasteiger partial charge in [-0.05, 0) is 25.5 Å². The van der Waals surface area contributed by atoms with Gasteiger partial charge >= 0.3 is 0 Å². The Morgan fingerprint density at radius 2 is 2.00 bits per heavy atom. The predicted octanol–water partition coefficient (Wildman–Crippen LogP) is 4.14. The van der Waals surface area contributed by atoms with E-state index in [1.807, 2.05) is 19.1 Å². The lowest BCUT2D eigenvalue weighted by Gasteiger charge is -2.39. The summed E-state index contributed by atoms with van der Waals surface area (Å²) in [6.45, 7) is 8.13. The van der Waals surface area contributed by atoms with Crippen LogP contribution in [0.15, 0.2) is 18.2 Å². The minimum Gasteiger partial charge on any atom is -0.626 e. The van der Waals surface area contributed by atoms with Crippen molar-refractivity contribution in [2.24, 2.45) is 0 Å². The number of nitrogens with zero attached hydrogens (tertiary/aromatic N) is 2. The van der Waals surface area contributed by atoms with Crippen LogP contribution in [0.2, 0.25) is 0 Å². The summed E-state index contributed by atoms with van der Waals surface area (Å²) >= 11 is 7.10. The van der Waals surface area contributed by atoms with Crippen LogP contribution in [-0.4, -0.2) is 29.4 Å². The molecule has 0 radical (unpaired) electrons. The van der Waals surface area contributed by atoms with Gasteiger partial charge in [0.1, 0.15) is 5.69 Å². The van der Waals surface area contributed by atoms with Crippen LogP contribution in [0.25, 0.3) is 0 Å². The van der Waals surface area contributed by atoms with Gasteiger partial charge in [-0.25, -0.2) is 0 Å². The monoisotopic (exact) mass is 390 g/mol. The Balaban J connectivity index is 2.38. The number of fused-ring (bicyclic) bond motifs is 1. The summed E-state index contributed by atoms with van der Waals surface area (Å²) < 4.78 is -0.262. The molecule has 3 unspecified atom stereocenters. The van der Waals surface area contributed by atoms with Gasteiger partial charge in [-0.1, -0.05) is 44.8 Å². The number of anilines is 1. The Hall–Kier alpha value is -0.100. The maximum atomic E-state index is 13.1. The fourth-order valence-electron chi connectivity index (χ4n) is 2.68. The molecule has 0 saturated carbocycles. The highest BCUT2D eigenvalue weighted by Crippen LogP contribution is 2.42. The van der Waals surface area contributed by atoms with Crippen molar-refractivity contribution in [1.82, 2.24) is 4.65 Å². The van der Waals surface area contributed by atoms with Crippen LogP contribution in [0, 0.1) is 12.1 Å². The summed E-state index contributed by atoms with van der Waals surface area (Å²) in [6, 6.07) is 6.15. The molecule has 1 heterocycles. The van der Waals surface area contributed by atoms with E-state index in [1.54, 1.807) is 0 Å². The third-order valence-corrected chi connectivity index (χ3v) is 3.91. The van der Waals surface area contributed by atoms with Crippen LogP contribution in [0.3, 0.4) is 0 Å². The number of hydrogen-bond acceptors (Lipinski definition) is 2. The van der Waals surface area contributed by atoms with E-state index in [0.29, 0.717) is 18.0 Å². The van der Waals surface area contributed by atoms with Crippen LogP contribution in [-0.2, 0) is 0 Å². The van der Waals surface area contributed by atoms with Gasteiger partial charge in [0.05, 0.1) is 11.4 Å². The topological polar surface area (TPSA) is 26.3 Å². The molecule has 0 N–H and O–H groups in total. The first-order chi connectivity index (χ1) is 8.82. The Bertz CT molecular complexity index is 465. The van der Waals surface area contributed by atoms with Crippen LogP contribution in [0.1, 0.15) is 19.4 Å². The number of benzene rings is 1. The van der Waals surface area contributed by atoms with Gasteiger partial charge in [0, 0.05) is 17.4 Å². The van der Waals surface area contributed by atoms with Gasteiger partial charge in [0.2, 0.25) is 0 Å². The fraction of sp³-hybridized carbons (Fsp3) is 0.571. The zero-order valence-corrected chi connectivity index (χ0v) is 14.7. The number of hydrogen-bond donors (Lipinski definition) is 0. The molecule has 0 aliphatic carbocycles. The molecule has 5 heteroatoms. The lowest BCUT2D eigenvalue weighted by atomic mass is 10.2. The van der Waals surface area contributed by atoms with E-state index < -0.39 is 0 Å². The van der Waals surface area contributed by atoms with Crippen molar-refractivity contribution in [2.45, 2.75) is 30.4 Å². The largest absolute Gasteiger partial charge is 0.626 e. The molecular weight excluding hydrogens is 372 g/mol. The number of quaternary nitrogens is 1. The second-order valence-corrected chi connectivity index (χ2v) is 8.62. The summed E-state index contributed by atoms with van der Waals surface area (Å²) in [5, 5.41) is 13.1. The summed E-state index contributed by atoms with van der Waals surface area (Å²) in [6.07, 6.45) is 0. The molecular formula is C14H20Br2N2O. The van der Waals surface area contributed by atoms with Crippen molar-refractivity contribution >= 4 is 43.2 Å². The first-order valence-electron chi connectivity index (χ1n) is 6.54. The quantitative estimate of drug-likeness (QED) is 0.438. The van der Waals surface area contributed by atoms with Gasteiger partial charge < -0.3 is 14.8 Å². The first kappa shape index (κ1) is 15.3. The van der Waals surface area contributed by atoms with Gasteiger partial charge in [-0.3, -0.25) is 0 Å². The maximum Gasteiger partial charge on any atom is 0.159 e. The first-order valence-corrected chi connectivity index (χ1v) is 8.37. The molecule has 3 atom stereocenters. The highest BCUT2D eigenvalue weighted by molar-refractivity contribution is 9.09. The number of halogens is 2. The van der Waals surface area contributed by atoms with Crippen molar-refractivity contribution in [3.05, 3.63) is 29.0 Å². The second-order valence-electron chi connectivity index (χ2n) is 5.49. The third-order valence-electron chi connectivity index (χ3n) is 3.33. The van der Waals surface area contributed by atoms with E-state index in [1.165, 1.54) is 5.56 Å². The van der Waals surface area contributed by atoms with Crippen LogP contribution in [0.5, 0.6) is 0 Å². The molecule has 19 heavy (non-hydrogen) atoms. The molecule has 106 valence electrons. The van der Waals surface area contributed by atoms with E-state index >= 15 is 0 Å². The van der Waals surface area contributed by atoms with Gasteiger partial charge in [0.15, 0.2) is 12.4 Å². The molecule has 0 fully saturated rings. The van der Waals surface area contributed by atoms with Crippen molar-refractivity contribution in [2.75, 3.05) is 24.7 Å². The normalized spacial score (nSPS) is 25.3. The number of hydroxylamine groups is 2.